The number of ether oxygens (including phenoxy) is 1. The molecule has 1 aromatic carbocycles. The van der Waals surface area contributed by atoms with Gasteiger partial charge in [0.05, 0.1) is 28.7 Å². The second-order valence-corrected chi connectivity index (χ2v) is 7.08. The molecule has 0 spiro atoms. The zero-order chi connectivity index (χ0) is 19.2. The van der Waals surface area contributed by atoms with E-state index in [4.69, 9.17) is 9.15 Å². The Bertz CT molecular complexity index is 942. The molecule has 0 radical (unpaired) electrons. The molecule has 0 unspecified atom stereocenters. The molecule has 3 aromatic rings. The second kappa shape index (κ2) is 8.98. The Labute approximate surface area is 170 Å². The van der Waals surface area contributed by atoms with Gasteiger partial charge in [-0.15, -0.1) is 0 Å². The molecule has 0 atom stereocenters. The maximum absolute atomic E-state index is 13.1. The van der Waals surface area contributed by atoms with Crippen LogP contribution in [0.25, 0.3) is 11.1 Å². The van der Waals surface area contributed by atoms with Gasteiger partial charge in [0.1, 0.15) is 17.8 Å². The van der Waals surface area contributed by atoms with Gasteiger partial charge in [0.2, 0.25) is 0 Å². The lowest BCUT2D eigenvalue weighted by molar-refractivity contribution is 0.0953. The maximum Gasteiger partial charge on any atom is 0.255 e. The first kappa shape index (κ1) is 19.3. The summed E-state index contributed by atoms with van der Waals surface area (Å²) in [5, 5.41) is 2.88. The van der Waals surface area contributed by atoms with Gasteiger partial charge >= 0.3 is 0 Å². The Morgan fingerprint density at radius 2 is 2.15 bits per heavy atom. The van der Waals surface area contributed by atoms with Crippen molar-refractivity contribution in [3.63, 3.8) is 0 Å². The summed E-state index contributed by atoms with van der Waals surface area (Å²) in [5.41, 5.74) is 2.89. The van der Waals surface area contributed by atoms with Gasteiger partial charge in [-0.05, 0) is 64.8 Å². The monoisotopic (exact) mass is 480 g/mol. The van der Waals surface area contributed by atoms with Crippen molar-refractivity contribution in [1.29, 1.82) is 0 Å². The van der Waals surface area contributed by atoms with Crippen LogP contribution in [-0.2, 0) is 6.42 Å². The minimum absolute atomic E-state index is 0.207. The van der Waals surface area contributed by atoms with E-state index in [-0.39, 0.29) is 11.7 Å². The highest BCUT2D eigenvalue weighted by Crippen LogP contribution is 2.30. The molecule has 1 N–H and O–H groups in total. The average Bonchev–Trinajstić information content (AvgIpc) is 3.15. The maximum atomic E-state index is 13.1. The molecular formula is C20H18FIN2O3. The summed E-state index contributed by atoms with van der Waals surface area (Å²) in [7, 11) is 1.62. The minimum atomic E-state index is -0.353. The van der Waals surface area contributed by atoms with Crippen LogP contribution in [0.15, 0.2) is 53.6 Å². The van der Waals surface area contributed by atoms with Crippen LogP contribution in [0.4, 0.5) is 4.39 Å². The van der Waals surface area contributed by atoms with Crippen molar-refractivity contribution in [1.82, 2.24) is 10.3 Å². The van der Waals surface area contributed by atoms with Crippen molar-refractivity contribution in [3.05, 3.63) is 69.7 Å². The Kier molecular flexibility index (Phi) is 6.44. The van der Waals surface area contributed by atoms with Crippen LogP contribution < -0.4 is 10.1 Å². The highest BCUT2D eigenvalue weighted by Gasteiger charge is 2.16. The normalized spacial score (nSPS) is 10.6. The number of hydrogen-bond donors (Lipinski definition) is 1. The molecule has 140 valence electrons. The number of carbonyl (C=O) groups excluding carboxylic acids is 1. The summed E-state index contributed by atoms with van der Waals surface area (Å²) >= 11 is 2.19. The first-order chi connectivity index (χ1) is 13.1. The summed E-state index contributed by atoms with van der Waals surface area (Å²) in [4.78, 5) is 16.3. The third kappa shape index (κ3) is 4.85. The van der Waals surface area contributed by atoms with Crippen LogP contribution in [0.3, 0.4) is 0 Å². The largest absolute Gasteiger partial charge is 0.496 e. The molecule has 0 saturated heterocycles. The SMILES string of the molecule is COc1ccc(-c2cocc2C(=O)NCCCc2cncc(F)c2)cc1I. The molecule has 7 heteroatoms. The number of aryl methyl sites for hydroxylation is 1. The summed E-state index contributed by atoms with van der Waals surface area (Å²) in [5.74, 6) is 0.219. The first-order valence-corrected chi connectivity index (χ1v) is 9.44. The van der Waals surface area contributed by atoms with Gasteiger partial charge in [0.25, 0.3) is 5.91 Å². The number of furan rings is 1. The van der Waals surface area contributed by atoms with E-state index < -0.39 is 0 Å². The fraction of sp³-hybridized carbons (Fsp3) is 0.200. The first-order valence-electron chi connectivity index (χ1n) is 8.36. The molecule has 2 heterocycles. The van der Waals surface area contributed by atoms with Gasteiger partial charge in [-0.25, -0.2) is 4.39 Å². The van der Waals surface area contributed by atoms with E-state index >= 15 is 0 Å². The zero-order valence-electron chi connectivity index (χ0n) is 14.7. The van der Waals surface area contributed by atoms with Gasteiger partial charge in [0.15, 0.2) is 0 Å². The lowest BCUT2D eigenvalue weighted by Crippen LogP contribution is -2.24. The molecule has 3 rings (SSSR count). The average molecular weight is 480 g/mol. The van der Waals surface area contributed by atoms with Crippen molar-refractivity contribution < 1.29 is 18.3 Å². The summed E-state index contributed by atoms with van der Waals surface area (Å²) in [6.45, 7) is 0.472. The van der Waals surface area contributed by atoms with Crippen LogP contribution in [-0.4, -0.2) is 24.5 Å². The number of aromatic nitrogens is 1. The van der Waals surface area contributed by atoms with Gasteiger partial charge in [-0.1, -0.05) is 6.07 Å². The molecule has 1 amide bonds. The number of nitrogens with one attached hydrogen (secondary N) is 1. The highest BCUT2D eigenvalue weighted by molar-refractivity contribution is 14.1. The zero-order valence-corrected chi connectivity index (χ0v) is 16.8. The topological polar surface area (TPSA) is 64.4 Å². The van der Waals surface area contributed by atoms with E-state index in [0.29, 0.717) is 24.9 Å². The number of methoxy groups -OCH3 is 1. The summed E-state index contributed by atoms with van der Waals surface area (Å²) in [6.07, 6.45) is 7.13. The molecule has 0 fully saturated rings. The minimum Gasteiger partial charge on any atom is -0.496 e. The molecule has 2 aromatic heterocycles. The number of benzene rings is 1. The predicted molar refractivity (Wildman–Crippen MR) is 108 cm³/mol. The Balaban J connectivity index is 1.61. The molecule has 0 aliphatic rings. The van der Waals surface area contributed by atoms with E-state index in [9.17, 15) is 9.18 Å². The van der Waals surface area contributed by atoms with E-state index in [0.717, 1.165) is 26.0 Å². The molecule has 0 saturated carbocycles. The van der Waals surface area contributed by atoms with E-state index in [2.05, 4.69) is 32.9 Å². The number of nitrogens with zero attached hydrogens (tertiary/aromatic N) is 1. The quantitative estimate of drug-likeness (QED) is 0.401. The van der Waals surface area contributed by atoms with Crippen LogP contribution in [0.1, 0.15) is 22.3 Å². The number of rotatable bonds is 7. The van der Waals surface area contributed by atoms with Crippen molar-refractivity contribution in [2.75, 3.05) is 13.7 Å². The Hall–Kier alpha value is -2.42. The van der Waals surface area contributed by atoms with Crippen LogP contribution >= 0.6 is 22.6 Å². The molecule has 5 nitrogen and oxygen atoms in total. The summed E-state index contributed by atoms with van der Waals surface area (Å²) < 4.78 is 24.6. The van der Waals surface area contributed by atoms with E-state index in [1.165, 1.54) is 18.5 Å². The summed E-state index contributed by atoms with van der Waals surface area (Å²) in [6, 6.07) is 7.14. The number of carbonyl (C=O) groups is 1. The van der Waals surface area contributed by atoms with E-state index in [1.807, 2.05) is 18.2 Å². The van der Waals surface area contributed by atoms with Crippen LogP contribution in [0.2, 0.25) is 0 Å². The predicted octanol–water partition coefficient (Wildman–Crippen LogP) is 4.46. The fourth-order valence-electron chi connectivity index (χ4n) is 2.71. The third-order valence-electron chi connectivity index (χ3n) is 4.06. The van der Waals surface area contributed by atoms with Gasteiger partial charge in [-0.2, -0.15) is 0 Å². The number of pyridine rings is 1. The van der Waals surface area contributed by atoms with Crippen LogP contribution in [0.5, 0.6) is 5.75 Å². The van der Waals surface area contributed by atoms with Gasteiger partial charge < -0.3 is 14.5 Å². The molecule has 0 bridgehead atoms. The van der Waals surface area contributed by atoms with Gasteiger partial charge in [0, 0.05) is 18.3 Å². The lowest BCUT2D eigenvalue weighted by Gasteiger charge is -2.08. The van der Waals surface area contributed by atoms with Crippen LogP contribution in [0, 0.1) is 9.39 Å². The lowest BCUT2D eigenvalue weighted by atomic mass is 10.0. The highest BCUT2D eigenvalue weighted by atomic mass is 127. The standard InChI is InChI=1S/C20H18FIN2O3/c1-26-19-5-4-14(8-18(19)22)16-11-27-12-17(16)20(25)24-6-2-3-13-7-15(21)10-23-9-13/h4-5,7-12H,2-3,6H2,1H3,(H,24,25). The Morgan fingerprint density at radius 3 is 2.89 bits per heavy atom. The van der Waals surface area contributed by atoms with Crippen molar-refractivity contribution in [2.24, 2.45) is 0 Å². The Morgan fingerprint density at radius 1 is 1.30 bits per heavy atom. The second-order valence-electron chi connectivity index (χ2n) is 5.92. The van der Waals surface area contributed by atoms with Crippen molar-refractivity contribution in [3.8, 4) is 16.9 Å². The molecule has 27 heavy (non-hydrogen) atoms. The number of hydrogen-bond acceptors (Lipinski definition) is 4. The third-order valence-corrected chi connectivity index (χ3v) is 4.90. The number of halogens is 2. The molecule has 0 aliphatic heterocycles. The molecular weight excluding hydrogens is 462 g/mol. The molecule has 0 aliphatic carbocycles. The number of amides is 1. The fourth-order valence-corrected chi connectivity index (χ4v) is 3.45. The van der Waals surface area contributed by atoms with Crippen molar-refractivity contribution >= 4 is 28.5 Å². The van der Waals surface area contributed by atoms with Crippen molar-refractivity contribution in [2.45, 2.75) is 12.8 Å². The van der Waals surface area contributed by atoms with Gasteiger partial charge in [-0.3, -0.25) is 9.78 Å². The van der Waals surface area contributed by atoms with E-state index in [1.54, 1.807) is 19.6 Å². The smallest absolute Gasteiger partial charge is 0.255 e.